The molecule has 13 heavy (non-hydrogen) atoms. The van der Waals surface area contributed by atoms with Gasteiger partial charge in [-0.2, -0.15) is 0 Å². The predicted octanol–water partition coefficient (Wildman–Crippen LogP) is 3.27. The molecule has 0 saturated carbocycles. The molecule has 0 bridgehead atoms. The number of allylic oxidation sites excluding steroid dienone is 2. The third-order valence-corrected chi connectivity index (χ3v) is 2.26. The van der Waals surface area contributed by atoms with Crippen molar-refractivity contribution in [3.05, 3.63) is 24.3 Å². The second-order valence-electron chi connectivity index (χ2n) is 3.86. The first-order chi connectivity index (χ1) is 6.10. The second-order valence-corrected chi connectivity index (χ2v) is 3.86. The summed E-state index contributed by atoms with van der Waals surface area (Å²) in [6.45, 7) is 10.3. The largest absolute Gasteiger partial charge is 0.324 e. The van der Waals surface area contributed by atoms with Crippen LogP contribution in [0.3, 0.4) is 0 Å². The van der Waals surface area contributed by atoms with Crippen LogP contribution in [-0.2, 0) is 0 Å². The fraction of sp³-hybridized carbons (Fsp3) is 0.667. The minimum absolute atomic E-state index is 0.217. The standard InChI is InChI=1S/C12H23N/c1-5-7-12(13)9-11(6-2)8-10(3)4/h5,7,11-12H,3,6,8-9,13H2,1-2,4H3. The summed E-state index contributed by atoms with van der Waals surface area (Å²) in [7, 11) is 0. The van der Waals surface area contributed by atoms with Crippen molar-refractivity contribution in [3.8, 4) is 0 Å². The van der Waals surface area contributed by atoms with Crippen LogP contribution in [0.5, 0.6) is 0 Å². The van der Waals surface area contributed by atoms with Crippen molar-refractivity contribution in [1.29, 1.82) is 0 Å². The molecule has 0 aliphatic heterocycles. The minimum Gasteiger partial charge on any atom is -0.324 e. The van der Waals surface area contributed by atoms with Crippen LogP contribution in [0.15, 0.2) is 24.3 Å². The summed E-state index contributed by atoms with van der Waals surface area (Å²) < 4.78 is 0. The maximum absolute atomic E-state index is 5.92. The molecule has 1 heteroatoms. The monoisotopic (exact) mass is 181 g/mol. The van der Waals surface area contributed by atoms with E-state index in [9.17, 15) is 0 Å². The molecular formula is C12H23N. The Morgan fingerprint density at radius 2 is 2.15 bits per heavy atom. The molecule has 1 nitrogen and oxygen atoms in total. The third-order valence-electron chi connectivity index (χ3n) is 2.26. The van der Waals surface area contributed by atoms with Crippen molar-refractivity contribution in [1.82, 2.24) is 0 Å². The van der Waals surface area contributed by atoms with Crippen LogP contribution in [0.25, 0.3) is 0 Å². The lowest BCUT2D eigenvalue weighted by Crippen LogP contribution is -2.21. The Morgan fingerprint density at radius 3 is 2.54 bits per heavy atom. The van der Waals surface area contributed by atoms with Gasteiger partial charge >= 0.3 is 0 Å². The van der Waals surface area contributed by atoms with E-state index in [0.29, 0.717) is 5.92 Å². The molecule has 0 aliphatic carbocycles. The average Bonchev–Trinajstić information content (AvgIpc) is 2.02. The maximum Gasteiger partial charge on any atom is 0.0226 e. The molecule has 0 fully saturated rings. The summed E-state index contributed by atoms with van der Waals surface area (Å²) in [5, 5.41) is 0. The zero-order chi connectivity index (χ0) is 10.3. The van der Waals surface area contributed by atoms with E-state index in [4.69, 9.17) is 5.73 Å². The molecule has 0 heterocycles. The quantitative estimate of drug-likeness (QED) is 0.625. The zero-order valence-corrected chi connectivity index (χ0v) is 9.22. The summed E-state index contributed by atoms with van der Waals surface area (Å²) in [6, 6.07) is 0.217. The van der Waals surface area contributed by atoms with Crippen molar-refractivity contribution in [2.45, 2.75) is 46.1 Å². The average molecular weight is 181 g/mol. The summed E-state index contributed by atoms with van der Waals surface area (Å²) in [4.78, 5) is 0. The van der Waals surface area contributed by atoms with Crippen LogP contribution >= 0.6 is 0 Å². The van der Waals surface area contributed by atoms with Gasteiger partial charge < -0.3 is 5.73 Å². The summed E-state index contributed by atoms with van der Waals surface area (Å²) in [5.74, 6) is 0.698. The van der Waals surface area contributed by atoms with Gasteiger partial charge in [-0.1, -0.05) is 31.1 Å². The van der Waals surface area contributed by atoms with Crippen molar-refractivity contribution < 1.29 is 0 Å². The molecule has 2 atom stereocenters. The van der Waals surface area contributed by atoms with Gasteiger partial charge in [-0.05, 0) is 32.6 Å². The van der Waals surface area contributed by atoms with Gasteiger partial charge in [-0.3, -0.25) is 0 Å². The first-order valence-electron chi connectivity index (χ1n) is 5.12. The zero-order valence-electron chi connectivity index (χ0n) is 9.22. The van der Waals surface area contributed by atoms with Gasteiger partial charge in [0.15, 0.2) is 0 Å². The highest BCUT2D eigenvalue weighted by atomic mass is 14.6. The number of hydrogen-bond donors (Lipinski definition) is 1. The van der Waals surface area contributed by atoms with Gasteiger partial charge in [-0.25, -0.2) is 0 Å². The number of hydrogen-bond acceptors (Lipinski definition) is 1. The number of nitrogens with two attached hydrogens (primary N) is 1. The minimum atomic E-state index is 0.217. The fourth-order valence-electron chi connectivity index (χ4n) is 1.60. The smallest absolute Gasteiger partial charge is 0.0226 e. The van der Waals surface area contributed by atoms with Crippen molar-refractivity contribution in [3.63, 3.8) is 0 Å². The molecule has 76 valence electrons. The molecule has 0 aliphatic rings. The first kappa shape index (κ1) is 12.4. The summed E-state index contributed by atoms with van der Waals surface area (Å²) in [6.07, 6.45) is 7.48. The second kappa shape index (κ2) is 6.90. The number of rotatable bonds is 6. The topological polar surface area (TPSA) is 26.0 Å². The Morgan fingerprint density at radius 1 is 1.54 bits per heavy atom. The molecule has 0 aromatic rings. The van der Waals surface area contributed by atoms with Gasteiger partial charge in [0.2, 0.25) is 0 Å². The van der Waals surface area contributed by atoms with E-state index >= 15 is 0 Å². The molecule has 0 spiro atoms. The van der Waals surface area contributed by atoms with Crippen molar-refractivity contribution in [2.75, 3.05) is 0 Å². The van der Waals surface area contributed by atoms with E-state index in [-0.39, 0.29) is 6.04 Å². The van der Waals surface area contributed by atoms with Crippen LogP contribution in [0.4, 0.5) is 0 Å². The molecule has 0 aromatic carbocycles. The lowest BCUT2D eigenvalue weighted by Gasteiger charge is -2.17. The Bertz CT molecular complexity index is 170. The van der Waals surface area contributed by atoms with Crippen molar-refractivity contribution >= 4 is 0 Å². The molecule has 2 unspecified atom stereocenters. The molecule has 0 amide bonds. The Balaban J connectivity index is 3.89. The highest BCUT2D eigenvalue weighted by Crippen LogP contribution is 2.19. The molecule has 0 aromatic heterocycles. The highest BCUT2D eigenvalue weighted by Gasteiger charge is 2.09. The van der Waals surface area contributed by atoms with E-state index in [1.807, 2.05) is 13.0 Å². The third kappa shape index (κ3) is 6.59. The van der Waals surface area contributed by atoms with E-state index < -0.39 is 0 Å². The van der Waals surface area contributed by atoms with Crippen LogP contribution in [0.2, 0.25) is 0 Å². The summed E-state index contributed by atoms with van der Waals surface area (Å²) in [5.41, 5.74) is 7.18. The normalized spacial score (nSPS) is 16.0. The van der Waals surface area contributed by atoms with Gasteiger partial charge in [0.05, 0.1) is 0 Å². The molecular weight excluding hydrogens is 158 g/mol. The lowest BCUT2D eigenvalue weighted by molar-refractivity contribution is 0.445. The predicted molar refractivity (Wildman–Crippen MR) is 60.6 cm³/mol. The van der Waals surface area contributed by atoms with Gasteiger partial charge in [-0.15, -0.1) is 6.58 Å². The van der Waals surface area contributed by atoms with Crippen LogP contribution in [0.1, 0.15) is 40.0 Å². The molecule has 0 saturated heterocycles. The molecule has 2 N–H and O–H groups in total. The Hall–Kier alpha value is -0.560. The van der Waals surface area contributed by atoms with Crippen molar-refractivity contribution in [2.24, 2.45) is 11.7 Å². The van der Waals surface area contributed by atoms with Gasteiger partial charge in [0.1, 0.15) is 0 Å². The van der Waals surface area contributed by atoms with E-state index in [0.717, 1.165) is 12.8 Å². The SMILES string of the molecule is C=C(C)CC(CC)CC(N)C=CC. The Kier molecular flexibility index (Phi) is 6.61. The van der Waals surface area contributed by atoms with Gasteiger partial charge in [0, 0.05) is 6.04 Å². The van der Waals surface area contributed by atoms with Crippen LogP contribution in [0, 0.1) is 5.92 Å². The van der Waals surface area contributed by atoms with E-state index in [1.54, 1.807) is 0 Å². The lowest BCUT2D eigenvalue weighted by atomic mass is 9.91. The fourth-order valence-corrected chi connectivity index (χ4v) is 1.60. The van der Waals surface area contributed by atoms with Gasteiger partial charge in [0.25, 0.3) is 0 Å². The van der Waals surface area contributed by atoms with Crippen LogP contribution in [-0.4, -0.2) is 6.04 Å². The first-order valence-corrected chi connectivity index (χ1v) is 5.12. The molecule has 0 rings (SSSR count). The van der Waals surface area contributed by atoms with Crippen LogP contribution < -0.4 is 5.73 Å². The van der Waals surface area contributed by atoms with E-state index in [2.05, 4.69) is 26.5 Å². The maximum atomic E-state index is 5.92. The molecule has 0 radical (unpaired) electrons. The highest BCUT2D eigenvalue weighted by molar-refractivity contribution is 4.94. The Labute approximate surface area is 82.7 Å². The van der Waals surface area contributed by atoms with E-state index in [1.165, 1.54) is 12.0 Å². The summed E-state index contributed by atoms with van der Waals surface area (Å²) >= 11 is 0.